The second kappa shape index (κ2) is 4.96. The number of amides is 1. The third-order valence-electron chi connectivity index (χ3n) is 3.59. The Labute approximate surface area is 116 Å². The van der Waals surface area contributed by atoms with Gasteiger partial charge in [0.1, 0.15) is 11.6 Å². The van der Waals surface area contributed by atoms with Crippen molar-refractivity contribution >= 4 is 11.6 Å². The van der Waals surface area contributed by atoms with E-state index >= 15 is 0 Å². The molecule has 1 saturated carbocycles. The maximum atomic E-state index is 13.6. The molecule has 0 saturated heterocycles. The Morgan fingerprint density at radius 2 is 1.85 bits per heavy atom. The molecule has 0 heterocycles. The van der Waals surface area contributed by atoms with Gasteiger partial charge in [0.15, 0.2) is 0 Å². The van der Waals surface area contributed by atoms with Gasteiger partial charge in [0.25, 0.3) is 0 Å². The second-order valence-electron chi connectivity index (χ2n) is 4.98. The van der Waals surface area contributed by atoms with Crippen LogP contribution in [0.15, 0.2) is 48.5 Å². The summed E-state index contributed by atoms with van der Waals surface area (Å²) >= 11 is 0. The molecule has 0 radical (unpaired) electrons. The highest BCUT2D eigenvalue weighted by atomic mass is 19.1. The SMILES string of the molecule is O=C(Nc1ccccc1O)C1CC1c1ccccc1F. The molecular weight excluding hydrogens is 257 g/mol. The number of halogens is 1. The Balaban J connectivity index is 1.69. The van der Waals surface area contributed by atoms with Crippen molar-refractivity contribution in [3.05, 3.63) is 59.9 Å². The quantitative estimate of drug-likeness (QED) is 0.842. The number of hydrogen-bond donors (Lipinski definition) is 2. The number of anilines is 1. The molecule has 102 valence electrons. The van der Waals surface area contributed by atoms with Crippen LogP contribution in [-0.2, 0) is 4.79 Å². The van der Waals surface area contributed by atoms with Crippen molar-refractivity contribution in [2.24, 2.45) is 5.92 Å². The zero-order valence-electron chi connectivity index (χ0n) is 10.7. The number of para-hydroxylation sites is 2. The third-order valence-corrected chi connectivity index (χ3v) is 3.59. The lowest BCUT2D eigenvalue weighted by Gasteiger charge is -2.07. The van der Waals surface area contributed by atoms with Crippen LogP contribution in [0, 0.1) is 11.7 Å². The summed E-state index contributed by atoms with van der Waals surface area (Å²) in [5, 5.41) is 12.3. The lowest BCUT2D eigenvalue weighted by molar-refractivity contribution is -0.117. The van der Waals surface area contributed by atoms with E-state index in [1.54, 1.807) is 36.4 Å². The molecule has 0 bridgehead atoms. The molecule has 4 heteroatoms. The number of phenolic OH excluding ortho intramolecular Hbond substituents is 1. The molecule has 1 fully saturated rings. The van der Waals surface area contributed by atoms with E-state index in [4.69, 9.17) is 0 Å². The number of rotatable bonds is 3. The van der Waals surface area contributed by atoms with E-state index in [2.05, 4.69) is 5.32 Å². The molecule has 3 rings (SSSR count). The highest BCUT2D eigenvalue weighted by Gasteiger charge is 2.45. The minimum absolute atomic E-state index is 0.0314. The molecule has 1 amide bonds. The monoisotopic (exact) mass is 271 g/mol. The van der Waals surface area contributed by atoms with Gasteiger partial charge in [-0.3, -0.25) is 4.79 Å². The van der Waals surface area contributed by atoms with Crippen molar-refractivity contribution in [3.63, 3.8) is 0 Å². The third kappa shape index (κ3) is 2.37. The number of hydrogen-bond acceptors (Lipinski definition) is 2. The number of nitrogens with one attached hydrogen (secondary N) is 1. The minimum Gasteiger partial charge on any atom is -0.506 e. The van der Waals surface area contributed by atoms with Gasteiger partial charge in [-0.05, 0) is 36.1 Å². The highest BCUT2D eigenvalue weighted by Crippen LogP contribution is 2.48. The van der Waals surface area contributed by atoms with E-state index in [1.807, 2.05) is 0 Å². The summed E-state index contributed by atoms with van der Waals surface area (Å²) in [6.45, 7) is 0. The van der Waals surface area contributed by atoms with Crippen LogP contribution in [0.4, 0.5) is 10.1 Å². The fraction of sp³-hybridized carbons (Fsp3) is 0.188. The summed E-state index contributed by atoms with van der Waals surface area (Å²) in [5.74, 6) is -0.715. The molecule has 2 atom stereocenters. The van der Waals surface area contributed by atoms with Gasteiger partial charge in [-0.15, -0.1) is 0 Å². The maximum absolute atomic E-state index is 13.6. The zero-order chi connectivity index (χ0) is 14.1. The van der Waals surface area contributed by atoms with E-state index in [1.165, 1.54) is 12.1 Å². The number of aromatic hydroxyl groups is 1. The van der Waals surface area contributed by atoms with Gasteiger partial charge in [0.2, 0.25) is 5.91 Å². The predicted octanol–water partition coefficient (Wildman–Crippen LogP) is 3.27. The van der Waals surface area contributed by atoms with E-state index < -0.39 is 0 Å². The number of carbonyl (C=O) groups excluding carboxylic acids is 1. The predicted molar refractivity (Wildman–Crippen MR) is 74.0 cm³/mol. The topological polar surface area (TPSA) is 49.3 Å². The van der Waals surface area contributed by atoms with Crippen LogP contribution < -0.4 is 5.32 Å². The van der Waals surface area contributed by atoms with Crippen LogP contribution in [0.25, 0.3) is 0 Å². The van der Waals surface area contributed by atoms with Crippen LogP contribution in [0.1, 0.15) is 17.9 Å². The van der Waals surface area contributed by atoms with Crippen molar-refractivity contribution in [1.82, 2.24) is 0 Å². The fourth-order valence-electron chi connectivity index (χ4n) is 2.41. The molecular formula is C16H14FNO2. The van der Waals surface area contributed by atoms with Gasteiger partial charge >= 0.3 is 0 Å². The van der Waals surface area contributed by atoms with Crippen LogP contribution in [0.2, 0.25) is 0 Å². The standard InChI is InChI=1S/C16H14FNO2/c17-13-6-2-1-5-10(13)11-9-12(11)16(20)18-14-7-3-4-8-15(14)19/h1-8,11-12,19H,9H2,(H,18,20). The van der Waals surface area contributed by atoms with Crippen LogP contribution in [0.5, 0.6) is 5.75 Å². The van der Waals surface area contributed by atoms with Gasteiger partial charge in [0, 0.05) is 5.92 Å². The first kappa shape index (κ1) is 12.7. The number of benzene rings is 2. The Hall–Kier alpha value is -2.36. The van der Waals surface area contributed by atoms with Gasteiger partial charge in [0.05, 0.1) is 5.69 Å². The first-order valence-corrected chi connectivity index (χ1v) is 6.50. The largest absolute Gasteiger partial charge is 0.506 e. The molecule has 1 aliphatic rings. The van der Waals surface area contributed by atoms with Gasteiger partial charge in [-0.2, -0.15) is 0 Å². The Bertz CT molecular complexity index is 656. The molecule has 2 unspecified atom stereocenters. The van der Waals surface area contributed by atoms with Crippen molar-refractivity contribution in [2.45, 2.75) is 12.3 Å². The van der Waals surface area contributed by atoms with Crippen LogP contribution in [-0.4, -0.2) is 11.0 Å². The molecule has 3 nitrogen and oxygen atoms in total. The lowest BCUT2D eigenvalue weighted by Crippen LogP contribution is -2.14. The van der Waals surface area contributed by atoms with E-state index in [9.17, 15) is 14.3 Å². The first-order chi connectivity index (χ1) is 9.66. The van der Waals surface area contributed by atoms with Crippen molar-refractivity contribution in [3.8, 4) is 5.75 Å². The molecule has 2 aromatic rings. The van der Waals surface area contributed by atoms with Gasteiger partial charge in [-0.25, -0.2) is 4.39 Å². The van der Waals surface area contributed by atoms with Crippen LogP contribution in [0.3, 0.4) is 0 Å². The molecule has 0 aromatic heterocycles. The second-order valence-corrected chi connectivity index (χ2v) is 4.98. The Kier molecular flexibility index (Phi) is 3.14. The number of phenols is 1. The van der Waals surface area contributed by atoms with E-state index in [0.717, 1.165) is 0 Å². The van der Waals surface area contributed by atoms with Gasteiger partial charge < -0.3 is 10.4 Å². The molecule has 2 aromatic carbocycles. The summed E-state index contributed by atoms with van der Waals surface area (Å²) in [6, 6.07) is 13.1. The average molecular weight is 271 g/mol. The normalized spacial score (nSPS) is 20.4. The van der Waals surface area contributed by atoms with E-state index in [-0.39, 0.29) is 29.3 Å². The van der Waals surface area contributed by atoms with Gasteiger partial charge in [-0.1, -0.05) is 30.3 Å². The summed E-state index contributed by atoms with van der Waals surface area (Å²) in [4.78, 5) is 12.1. The molecule has 2 N–H and O–H groups in total. The first-order valence-electron chi connectivity index (χ1n) is 6.50. The summed E-state index contributed by atoms with van der Waals surface area (Å²) in [7, 11) is 0. The van der Waals surface area contributed by atoms with E-state index in [0.29, 0.717) is 17.7 Å². The highest BCUT2D eigenvalue weighted by molar-refractivity contribution is 5.96. The molecule has 0 spiro atoms. The Morgan fingerprint density at radius 1 is 1.15 bits per heavy atom. The smallest absolute Gasteiger partial charge is 0.228 e. The maximum Gasteiger partial charge on any atom is 0.228 e. The molecule has 20 heavy (non-hydrogen) atoms. The van der Waals surface area contributed by atoms with Crippen molar-refractivity contribution in [2.75, 3.05) is 5.32 Å². The van der Waals surface area contributed by atoms with Crippen LogP contribution >= 0.6 is 0 Å². The van der Waals surface area contributed by atoms with Crippen molar-refractivity contribution in [1.29, 1.82) is 0 Å². The zero-order valence-corrected chi connectivity index (χ0v) is 10.7. The Morgan fingerprint density at radius 3 is 2.60 bits per heavy atom. The summed E-state index contributed by atoms with van der Waals surface area (Å²) in [5.41, 5.74) is 0.974. The summed E-state index contributed by atoms with van der Waals surface area (Å²) < 4.78 is 13.6. The lowest BCUT2D eigenvalue weighted by atomic mass is 10.1. The summed E-state index contributed by atoms with van der Waals surface area (Å²) in [6.07, 6.45) is 0.639. The number of carbonyl (C=O) groups is 1. The molecule has 0 aliphatic heterocycles. The minimum atomic E-state index is -0.268. The van der Waals surface area contributed by atoms with Crippen molar-refractivity contribution < 1.29 is 14.3 Å². The molecule has 1 aliphatic carbocycles. The average Bonchev–Trinajstić information content (AvgIpc) is 3.22. The fourth-order valence-corrected chi connectivity index (χ4v) is 2.41.